The molecule has 0 amide bonds. The van der Waals surface area contributed by atoms with Crippen molar-refractivity contribution in [2.24, 2.45) is 0 Å². The van der Waals surface area contributed by atoms with Crippen molar-refractivity contribution in [1.82, 2.24) is 13.2 Å². The lowest BCUT2D eigenvalue weighted by Gasteiger charge is -2.20. The first-order chi connectivity index (χ1) is 10.3. The average molecular weight is 389 g/mol. The van der Waals surface area contributed by atoms with E-state index in [0.29, 0.717) is 6.42 Å². The zero-order chi connectivity index (χ0) is 14.4. The molecule has 0 saturated carbocycles. The van der Waals surface area contributed by atoms with Crippen molar-refractivity contribution in [2.45, 2.75) is 12.5 Å². The van der Waals surface area contributed by atoms with Crippen molar-refractivity contribution >= 4 is 22.9 Å². The summed E-state index contributed by atoms with van der Waals surface area (Å²) in [6.45, 7) is 0. The molecular weight excluding hydrogens is 377 g/mol. The summed E-state index contributed by atoms with van der Waals surface area (Å²) in [5, 5.41) is 19.1. The van der Waals surface area contributed by atoms with Gasteiger partial charge in [-0.2, -0.15) is 2.90 Å². The highest BCUT2D eigenvalue weighted by Gasteiger charge is 2.26. The maximum atomic E-state index is 10.6. The van der Waals surface area contributed by atoms with E-state index in [-0.39, 0.29) is 0 Å². The van der Waals surface area contributed by atoms with Crippen LogP contribution in [0.1, 0.15) is 17.2 Å². The van der Waals surface area contributed by atoms with Crippen LogP contribution in [0.5, 0.6) is 0 Å². The molecule has 0 aliphatic heterocycles. The van der Waals surface area contributed by atoms with Crippen LogP contribution in [0.25, 0.3) is 22.5 Å². The lowest BCUT2D eigenvalue weighted by Crippen LogP contribution is -2.08. The normalized spacial score (nSPS) is 16.4. The van der Waals surface area contributed by atoms with E-state index in [4.69, 9.17) is 0 Å². The molecule has 3 aromatic rings. The van der Waals surface area contributed by atoms with Gasteiger partial charge in [-0.1, -0.05) is 53.7 Å². The summed E-state index contributed by atoms with van der Waals surface area (Å²) in [5.41, 5.74) is 5.88. The lowest BCUT2D eigenvalue weighted by molar-refractivity contribution is 0.179. The zero-order valence-electron chi connectivity index (χ0n) is 11.1. The zero-order valence-corrected chi connectivity index (χ0v) is 13.2. The molecule has 21 heavy (non-hydrogen) atoms. The summed E-state index contributed by atoms with van der Waals surface area (Å²) in [5.74, 6) is 0. The van der Waals surface area contributed by atoms with E-state index in [1.54, 1.807) is 2.90 Å². The van der Waals surface area contributed by atoms with Gasteiger partial charge in [0.05, 0.1) is 29.0 Å². The smallest absolute Gasteiger partial charge is 0.122 e. The molecular formula is C16H12IN3O. The molecule has 1 unspecified atom stereocenters. The number of nitrogens with zero attached hydrogens (tertiary/aromatic N) is 3. The van der Waals surface area contributed by atoms with Crippen LogP contribution in [0.3, 0.4) is 0 Å². The van der Waals surface area contributed by atoms with Gasteiger partial charge in [0.15, 0.2) is 0 Å². The minimum atomic E-state index is -0.533. The van der Waals surface area contributed by atoms with Crippen LogP contribution in [-0.4, -0.2) is 18.3 Å². The van der Waals surface area contributed by atoms with Crippen LogP contribution >= 0.6 is 22.9 Å². The Hall–Kier alpha value is -1.73. The first kappa shape index (κ1) is 13.0. The summed E-state index contributed by atoms with van der Waals surface area (Å²) in [6.07, 6.45) is 0.0592. The topological polar surface area (TPSA) is 50.9 Å². The lowest BCUT2D eigenvalue weighted by atomic mass is 9.88. The minimum absolute atomic E-state index is 0.533. The molecule has 0 bridgehead atoms. The number of aromatic nitrogens is 3. The SMILES string of the molecule is OC1Cc2ccccc2-c2c(nnn2I)-c2ccccc21. The molecule has 104 valence electrons. The van der Waals surface area contributed by atoms with Gasteiger partial charge in [-0.15, -0.1) is 5.10 Å². The Labute approximate surface area is 135 Å². The highest BCUT2D eigenvalue weighted by Crippen LogP contribution is 2.40. The summed E-state index contributed by atoms with van der Waals surface area (Å²) < 4.78 is 1.78. The van der Waals surface area contributed by atoms with Crippen molar-refractivity contribution < 1.29 is 5.11 Å². The first-order valence-corrected chi connectivity index (χ1v) is 7.69. The van der Waals surface area contributed by atoms with E-state index < -0.39 is 6.10 Å². The Bertz CT molecular complexity index is 828. The molecule has 0 spiro atoms. The number of hydrogen-bond acceptors (Lipinski definition) is 3. The maximum absolute atomic E-state index is 10.6. The highest BCUT2D eigenvalue weighted by atomic mass is 127. The molecule has 1 N–H and O–H groups in total. The van der Waals surface area contributed by atoms with E-state index >= 15 is 0 Å². The fraction of sp³-hybridized carbons (Fsp3) is 0.125. The van der Waals surface area contributed by atoms with Crippen LogP contribution in [0.4, 0.5) is 0 Å². The second kappa shape index (κ2) is 4.92. The molecule has 1 atom stereocenters. The number of benzene rings is 2. The number of fused-ring (bicyclic) bond motifs is 5. The molecule has 1 aliphatic carbocycles. The van der Waals surface area contributed by atoms with Crippen LogP contribution in [-0.2, 0) is 6.42 Å². The van der Waals surface area contributed by atoms with Crippen molar-refractivity contribution in [3.05, 3.63) is 59.7 Å². The molecule has 5 heteroatoms. The number of aliphatic hydroxyl groups is 1. The number of halogens is 1. The van der Waals surface area contributed by atoms with Gasteiger partial charge in [-0.3, -0.25) is 0 Å². The van der Waals surface area contributed by atoms with Gasteiger partial charge < -0.3 is 5.11 Å². The van der Waals surface area contributed by atoms with Gasteiger partial charge in [-0.25, -0.2) is 0 Å². The van der Waals surface area contributed by atoms with E-state index in [1.165, 1.54) is 0 Å². The minimum Gasteiger partial charge on any atom is -0.388 e. The Morgan fingerprint density at radius 1 is 1.05 bits per heavy atom. The molecule has 2 aromatic carbocycles. The Morgan fingerprint density at radius 3 is 2.62 bits per heavy atom. The van der Waals surface area contributed by atoms with Crippen LogP contribution < -0.4 is 0 Å². The molecule has 0 radical (unpaired) electrons. The van der Waals surface area contributed by atoms with Crippen molar-refractivity contribution in [3.8, 4) is 22.5 Å². The molecule has 4 rings (SSSR count). The predicted octanol–water partition coefficient (Wildman–Crippen LogP) is 3.40. The van der Waals surface area contributed by atoms with Crippen LogP contribution in [0, 0.1) is 0 Å². The number of aliphatic hydroxyl groups excluding tert-OH is 1. The third kappa shape index (κ3) is 1.99. The third-order valence-electron chi connectivity index (χ3n) is 3.89. The first-order valence-electron chi connectivity index (χ1n) is 6.73. The van der Waals surface area contributed by atoms with Crippen LogP contribution in [0.15, 0.2) is 48.5 Å². The number of rotatable bonds is 0. The Morgan fingerprint density at radius 2 is 1.76 bits per heavy atom. The van der Waals surface area contributed by atoms with Crippen LogP contribution in [0.2, 0.25) is 0 Å². The van der Waals surface area contributed by atoms with Gasteiger partial charge >= 0.3 is 0 Å². The summed E-state index contributed by atoms with van der Waals surface area (Å²) in [6, 6.07) is 16.0. The Balaban J connectivity index is 2.11. The summed E-state index contributed by atoms with van der Waals surface area (Å²) in [7, 11) is 0. The standard InChI is InChI=1S/C16H12IN3O/c17-20-16-11-6-2-1-5-10(11)9-14(21)12-7-3-4-8-13(12)15(16)18-19-20/h1-8,14,21H,9H2. The second-order valence-electron chi connectivity index (χ2n) is 5.11. The Kier molecular flexibility index (Phi) is 3.04. The number of hydrogen-bond donors (Lipinski definition) is 1. The van der Waals surface area contributed by atoms with Gasteiger partial charge in [-0.05, 0) is 11.1 Å². The second-order valence-corrected chi connectivity index (χ2v) is 6.03. The summed E-state index contributed by atoms with van der Waals surface area (Å²) >= 11 is 2.15. The van der Waals surface area contributed by atoms with E-state index in [1.807, 2.05) is 36.4 Å². The van der Waals surface area contributed by atoms with Crippen molar-refractivity contribution in [1.29, 1.82) is 0 Å². The largest absolute Gasteiger partial charge is 0.388 e. The fourth-order valence-electron chi connectivity index (χ4n) is 2.92. The van der Waals surface area contributed by atoms with Crippen molar-refractivity contribution in [3.63, 3.8) is 0 Å². The van der Waals surface area contributed by atoms with E-state index in [0.717, 1.165) is 33.6 Å². The van der Waals surface area contributed by atoms with Gasteiger partial charge in [0.2, 0.25) is 0 Å². The average Bonchev–Trinajstić information content (AvgIpc) is 2.88. The molecule has 1 aliphatic rings. The molecule has 1 heterocycles. The molecule has 0 fully saturated rings. The molecule has 1 aromatic heterocycles. The van der Waals surface area contributed by atoms with Gasteiger partial charge in [0, 0.05) is 17.5 Å². The summed E-state index contributed by atoms with van der Waals surface area (Å²) in [4.78, 5) is 0. The molecule has 4 nitrogen and oxygen atoms in total. The highest BCUT2D eigenvalue weighted by molar-refractivity contribution is 14.1. The molecule has 0 saturated heterocycles. The monoisotopic (exact) mass is 389 g/mol. The third-order valence-corrected chi connectivity index (χ3v) is 4.57. The maximum Gasteiger partial charge on any atom is 0.122 e. The van der Waals surface area contributed by atoms with Gasteiger partial charge in [0.25, 0.3) is 0 Å². The quantitative estimate of drug-likeness (QED) is 0.600. The predicted molar refractivity (Wildman–Crippen MR) is 89.0 cm³/mol. The van der Waals surface area contributed by atoms with Crippen molar-refractivity contribution in [2.75, 3.05) is 0 Å². The van der Waals surface area contributed by atoms with E-state index in [9.17, 15) is 5.11 Å². The fourth-order valence-corrected chi connectivity index (χ4v) is 3.51. The van der Waals surface area contributed by atoms with Gasteiger partial charge in [0.1, 0.15) is 11.4 Å². The van der Waals surface area contributed by atoms with E-state index in [2.05, 4.69) is 45.3 Å².